The number of thiophene rings is 1. The molecule has 0 spiro atoms. The molecule has 0 radical (unpaired) electrons. The first kappa shape index (κ1) is 9.12. The van der Waals surface area contributed by atoms with Crippen molar-refractivity contribution in [1.82, 2.24) is 9.97 Å². The number of rotatable bonds is 1. The van der Waals surface area contributed by atoms with E-state index in [0.29, 0.717) is 5.15 Å². The van der Waals surface area contributed by atoms with E-state index in [1.165, 1.54) is 6.33 Å². The maximum Gasteiger partial charge on any atom is 0.140 e. The Bertz CT molecular complexity index is 430. The van der Waals surface area contributed by atoms with E-state index in [9.17, 15) is 0 Å². The molecule has 0 aromatic carbocycles. The quantitative estimate of drug-likeness (QED) is 0.743. The van der Waals surface area contributed by atoms with Gasteiger partial charge in [-0.15, -0.1) is 0 Å². The zero-order valence-electron chi connectivity index (χ0n) is 6.37. The Hall–Kier alpha value is -0.450. The van der Waals surface area contributed by atoms with Gasteiger partial charge >= 0.3 is 0 Å². The van der Waals surface area contributed by atoms with Crippen LogP contribution in [-0.2, 0) is 0 Å². The number of hydrogen-bond donors (Lipinski definition) is 0. The van der Waals surface area contributed by atoms with Gasteiger partial charge in [0.05, 0.1) is 0 Å². The van der Waals surface area contributed by atoms with Crippen LogP contribution >= 0.6 is 38.9 Å². The molecule has 0 aliphatic rings. The van der Waals surface area contributed by atoms with Gasteiger partial charge in [-0.05, 0) is 21.3 Å². The highest BCUT2D eigenvalue weighted by atomic mass is 79.9. The van der Waals surface area contributed by atoms with Gasteiger partial charge < -0.3 is 0 Å². The van der Waals surface area contributed by atoms with Gasteiger partial charge in [0.15, 0.2) is 0 Å². The second kappa shape index (κ2) is 3.74. The fraction of sp³-hybridized carbons (Fsp3) is 0. The highest BCUT2D eigenvalue weighted by Gasteiger charge is 2.08. The maximum atomic E-state index is 5.92. The largest absolute Gasteiger partial charge is 0.244 e. The second-order valence-corrected chi connectivity index (χ2v) is 4.32. The third kappa shape index (κ3) is 1.75. The number of halogens is 2. The molecule has 2 nitrogen and oxygen atoms in total. The van der Waals surface area contributed by atoms with Gasteiger partial charge in [-0.3, -0.25) is 0 Å². The Morgan fingerprint density at radius 2 is 2.15 bits per heavy atom. The summed E-state index contributed by atoms with van der Waals surface area (Å²) in [6.07, 6.45) is 3.15. The molecule has 0 saturated carbocycles. The molecule has 0 atom stereocenters. The van der Waals surface area contributed by atoms with Crippen LogP contribution in [0.2, 0.25) is 5.15 Å². The molecule has 2 rings (SSSR count). The van der Waals surface area contributed by atoms with E-state index >= 15 is 0 Å². The smallest absolute Gasteiger partial charge is 0.140 e. The van der Waals surface area contributed by atoms with Crippen LogP contribution in [-0.4, -0.2) is 9.97 Å². The molecule has 0 saturated heterocycles. The third-order valence-electron chi connectivity index (χ3n) is 1.57. The predicted molar refractivity (Wildman–Crippen MR) is 58.1 cm³/mol. The minimum Gasteiger partial charge on any atom is -0.244 e. The van der Waals surface area contributed by atoms with Crippen LogP contribution in [0.1, 0.15) is 0 Å². The normalized spacial score (nSPS) is 10.3. The van der Waals surface area contributed by atoms with Crippen molar-refractivity contribution >= 4 is 38.9 Å². The molecule has 2 aromatic heterocycles. The van der Waals surface area contributed by atoms with E-state index in [4.69, 9.17) is 11.6 Å². The Morgan fingerprint density at radius 1 is 1.31 bits per heavy atom. The highest BCUT2D eigenvalue weighted by molar-refractivity contribution is 9.10. The topological polar surface area (TPSA) is 25.8 Å². The molecule has 0 bridgehead atoms. The Labute approximate surface area is 92.7 Å². The molecule has 2 heterocycles. The van der Waals surface area contributed by atoms with E-state index in [2.05, 4.69) is 25.9 Å². The Morgan fingerprint density at radius 3 is 2.77 bits per heavy atom. The first-order valence-electron chi connectivity index (χ1n) is 3.46. The Balaban J connectivity index is 2.59. The first-order valence-corrected chi connectivity index (χ1v) is 5.58. The van der Waals surface area contributed by atoms with Crippen molar-refractivity contribution in [2.45, 2.75) is 0 Å². The fourth-order valence-corrected chi connectivity index (χ4v) is 2.67. The zero-order valence-corrected chi connectivity index (χ0v) is 9.53. The number of nitrogens with zero attached hydrogens (tertiary/aromatic N) is 2. The van der Waals surface area contributed by atoms with Gasteiger partial charge in [0.1, 0.15) is 11.5 Å². The van der Waals surface area contributed by atoms with Crippen molar-refractivity contribution in [3.63, 3.8) is 0 Å². The SMILES string of the molecule is Clc1ncncc1-c1cscc1Br. The number of hydrogen-bond acceptors (Lipinski definition) is 3. The minimum absolute atomic E-state index is 0.481. The molecular formula is C8H4BrClN2S. The van der Waals surface area contributed by atoms with Crippen molar-refractivity contribution in [2.24, 2.45) is 0 Å². The van der Waals surface area contributed by atoms with Crippen LogP contribution in [0, 0.1) is 0 Å². The summed E-state index contributed by atoms with van der Waals surface area (Å²) in [5.41, 5.74) is 1.90. The van der Waals surface area contributed by atoms with Crippen molar-refractivity contribution in [2.75, 3.05) is 0 Å². The van der Waals surface area contributed by atoms with Crippen molar-refractivity contribution < 1.29 is 0 Å². The molecule has 66 valence electrons. The molecule has 0 N–H and O–H groups in total. The van der Waals surface area contributed by atoms with Crippen LogP contribution in [0.25, 0.3) is 11.1 Å². The predicted octanol–water partition coefficient (Wildman–Crippen LogP) is 3.62. The Kier molecular flexibility index (Phi) is 2.62. The van der Waals surface area contributed by atoms with Crippen molar-refractivity contribution in [3.8, 4) is 11.1 Å². The average Bonchev–Trinajstić information content (AvgIpc) is 2.52. The highest BCUT2D eigenvalue weighted by Crippen LogP contribution is 2.34. The van der Waals surface area contributed by atoms with E-state index < -0.39 is 0 Å². The maximum absolute atomic E-state index is 5.92. The van der Waals surface area contributed by atoms with Crippen LogP contribution in [0.5, 0.6) is 0 Å². The number of aromatic nitrogens is 2. The van der Waals surface area contributed by atoms with E-state index in [1.807, 2.05) is 10.8 Å². The molecule has 2 aromatic rings. The van der Waals surface area contributed by atoms with Crippen LogP contribution < -0.4 is 0 Å². The lowest BCUT2D eigenvalue weighted by Gasteiger charge is -1.99. The summed E-state index contributed by atoms with van der Waals surface area (Å²) in [6.45, 7) is 0. The van der Waals surface area contributed by atoms with Crippen LogP contribution in [0.15, 0.2) is 27.8 Å². The van der Waals surface area contributed by atoms with Gasteiger partial charge in [-0.2, -0.15) is 11.3 Å². The third-order valence-corrected chi connectivity index (χ3v) is 3.57. The van der Waals surface area contributed by atoms with Gasteiger partial charge in [0.25, 0.3) is 0 Å². The summed E-state index contributed by atoms with van der Waals surface area (Å²) in [6, 6.07) is 0. The zero-order chi connectivity index (χ0) is 9.26. The first-order chi connectivity index (χ1) is 6.29. The standard InChI is InChI=1S/C8H4BrClN2S/c9-7-3-13-2-6(7)5-1-11-4-12-8(5)10/h1-4H. The molecule has 0 unspecified atom stereocenters. The van der Waals surface area contributed by atoms with E-state index in [-0.39, 0.29) is 0 Å². The van der Waals surface area contributed by atoms with Crippen LogP contribution in [0.4, 0.5) is 0 Å². The second-order valence-electron chi connectivity index (χ2n) is 2.36. The van der Waals surface area contributed by atoms with E-state index in [1.54, 1.807) is 17.5 Å². The fourth-order valence-electron chi connectivity index (χ4n) is 0.969. The lowest BCUT2D eigenvalue weighted by atomic mass is 10.2. The van der Waals surface area contributed by atoms with Gasteiger partial charge in [0, 0.05) is 27.2 Å². The van der Waals surface area contributed by atoms with Gasteiger partial charge in [-0.25, -0.2) is 9.97 Å². The van der Waals surface area contributed by atoms with E-state index in [0.717, 1.165) is 15.6 Å². The molecule has 0 aliphatic carbocycles. The molecule has 0 amide bonds. The summed E-state index contributed by atoms with van der Waals surface area (Å²) < 4.78 is 1.02. The van der Waals surface area contributed by atoms with Crippen molar-refractivity contribution in [3.05, 3.63) is 32.9 Å². The summed E-state index contributed by atoms with van der Waals surface area (Å²) in [5.74, 6) is 0. The lowest BCUT2D eigenvalue weighted by molar-refractivity contribution is 1.17. The summed E-state index contributed by atoms with van der Waals surface area (Å²) >= 11 is 11.0. The summed E-state index contributed by atoms with van der Waals surface area (Å²) in [5, 5.41) is 4.49. The van der Waals surface area contributed by atoms with Crippen LogP contribution in [0.3, 0.4) is 0 Å². The minimum atomic E-state index is 0.481. The van der Waals surface area contributed by atoms with Gasteiger partial charge in [0.2, 0.25) is 0 Å². The molecular weight excluding hydrogens is 272 g/mol. The van der Waals surface area contributed by atoms with Gasteiger partial charge in [-0.1, -0.05) is 11.6 Å². The van der Waals surface area contributed by atoms with Crippen molar-refractivity contribution in [1.29, 1.82) is 0 Å². The average molecular weight is 276 g/mol. The monoisotopic (exact) mass is 274 g/mol. The molecule has 13 heavy (non-hydrogen) atoms. The molecule has 0 aliphatic heterocycles. The summed E-state index contributed by atoms with van der Waals surface area (Å²) in [7, 11) is 0. The summed E-state index contributed by atoms with van der Waals surface area (Å²) in [4.78, 5) is 7.85. The lowest BCUT2D eigenvalue weighted by Crippen LogP contribution is -1.83. The molecule has 0 fully saturated rings. The molecule has 5 heteroatoms.